The molecule has 2 aliphatic heterocycles. The van der Waals surface area contributed by atoms with Gasteiger partial charge in [-0.1, -0.05) is 0 Å². The zero-order valence-corrected chi connectivity index (χ0v) is 18.2. The van der Waals surface area contributed by atoms with E-state index >= 15 is 0 Å². The Morgan fingerprint density at radius 3 is 2.91 bits per heavy atom. The second kappa shape index (κ2) is 8.90. The number of aromatic nitrogens is 3. The highest BCUT2D eigenvalue weighted by Crippen LogP contribution is 2.33. The van der Waals surface area contributed by atoms with E-state index in [1.165, 1.54) is 0 Å². The van der Waals surface area contributed by atoms with Crippen molar-refractivity contribution >= 4 is 11.7 Å². The summed E-state index contributed by atoms with van der Waals surface area (Å²) in [5.74, 6) is 2.67. The van der Waals surface area contributed by atoms with E-state index in [4.69, 9.17) is 9.47 Å². The summed E-state index contributed by atoms with van der Waals surface area (Å²) in [5.41, 5.74) is 2.83. The molecule has 1 atom stereocenters. The summed E-state index contributed by atoms with van der Waals surface area (Å²) < 4.78 is 13.4. The maximum atomic E-state index is 13.0. The summed E-state index contributed by atoms with van der Waals surface area (Å²) in [6.07, 6.45) is 7.57. The monoisotopic (exact) mass is 433 g/mol. The molecule has 2 amide bonds. The van der Waals surface area contributed by atoms with Crippen molar-refractivity contribution in [3.63, 3.8) is 0 Å². The molecule has 8 nitrogen and oxygen atoms in total. The Balaban J connectivity index is 1.25. The van der Waals surface area contributed by atoms with Gasteiger partial charge in [0.05, 0.1) is 0 Å². The van der Waals surface area contributed by atoms with Gasteiger partial charge in [-0.05, 0) is 49.9 Å². The standard InChI is InChI=1S/C24H27N5O3/c1-17-13-26-23(19-5-2-8-25-14-19)29(17)16-18-4-3-9-28(15-18)24(30)27-20-6-7-21-22(12-20)32-11-10-31-21/h2,5-8,12-14,18H,3-4,9-11,15-16H2,1H3,(H,27,30). The highest BCUT2D eigenvalue weighted by Gasteiger charge is 2.25. The minimum Gasteiger partial charge on any atom is -0.486 e. The number of amides is 2. The minimum absolute atomic E-state index is 0.0822. The summed E-state index contributed by atoms with van der Waals surface area (Å²) in [7, 11) is 0. The minimum atomic E-state index is -0.0822. The summed E-state index contributed by atoms with van der Waals surface area (Å²) in [4.78, 5) is 23.7. The van der Waals surface area contributed by atoms with Gasteiger partial charge in [0.25, 0.3) is 0 Å². The van der Waals surface area contributed by atoms with Crippen LogP contribution >= 0.6 is 0 Å². The number of nitrogens with zero attached hydrogens (tertiary/aromatic N) is 4. The number of rotatable bonds is 4. The highest BCUT2D eigenvalue weighted by molar-refractivity contribution is 5.89. The summed E-state index contributed by atoms with van der Waals surface area (Å²) in [6.45, 7) is 5.43. The fourth-order valence-electron chi connectivity index (χ4n) is 4.40. The normalized spacial score (nSPS) is 17.8. The Morgan fingerprint density at radius 1 is 1.19 bits per heavy atom. The Bertz CT molecular complexity index is 1100. The number of pyridine rings is 1. The first-order valence-corrected chi connectivity index (χ1v) is 11.1. The van der Waals surface area contributed by atoms with Crippen molar-refractivity contribution in [2.45, 2.75) is 26.3 Å². The highest BCUT2D eigenvalue weighted by atomic mass is 16.6. The molecule has 0 spiro atoms. The number of fused-ring (bicyclic) bond motifs is 1. The predicted molar refractivity (Wildman–Crippen MR) is 121 cm³/mol. The van der Waals surface area contributed by atoms with Crippen LogP contribution in [0.3, 0.4) is 0 Å². The van der Waals surface area contributed by atoms with E-state index in [0.717, 1.165) is 43.0 Å². The number of urea groups is 1. The van der Waals surface area contributed by atoms with E-state index in [1.807, 2.05) is 47.6 Å². The number of piperidine rings is 1. The van der Waals surface area contributed by atoms with Gasteiger partial charge in [0.1, 0.15) is 19.0 Å². The number of anilines is 1. The van der Waals surface area contributed by atoms with Crippen molar-refractivity contribution in [1.82, 2.24) is 19.4 Å². The van der Waals surface area contributed by atoms with Crippen molar-refractivity contribution in [2.75, 3.05) is 31.6 Å². The van der Waals surface area contributed by atoms with Crippen LogP contribution in [0.15, 0.2) is 48.9 Å². The molecule has 0 bridgehead atoms. The van der Waals surface area contributed by atoms with Gasteiger partial charge in [-0.15, -0.1) is 0 Å². The van der Waals surface area contributed by atoms with Crippen LogP contribution in [0.4, 0.5) is 10.5 Å². The molecule has 1 unspecified atom stereocenters. The molecule has 32 heavy (non-hydrogen) atoms. The largest absolute Gasteiger partial charge is 0.486 e. The quantitative estimate of drug-likeness (QED) is 0.673. The molecule has 0 radical (unpaired) electrons. The van der Waals surface area contributed by atoms with Crippen LogP contribution in [0.25, 0.3) is 11.4 Å². The van der Waals surface area contributed by atoms with Gasteiger partial charge in [0.15, 0.2) is 11.5 Å². The van der Waals surface area contributed by atoms with Crippen molar-refractivity contribution in [3.8, 4) is 22.9 Å². The van der Waals surface area contributed by atoms with Crippen molar-refractivity contribution in [2.24, 2.45) is 5.92 Å². The number of carbonyl (C=O) groups is 1. The number of benzene rings is 1. The van der Waals surface area contributed by atoms with E-state index in [1.54, 1.807) is 6.20 Å². The second-order valence-corrected chi connectivity index (χ2v) is 8.32. The van der Waals surface area contributed by atoms with Gasteiger partial charge in [0, 0.05) is 61.2 Å². The average Bonchev–Trinajstić information content (AvgIpc) is 3.19. The molecule has 1 saturated heterocycles. The lowest BCUT2D eigenvalue weighted by atomic mass is 9.98. The molecule has 2 aliphatic rings. The van der Waals surface area contributed by atoms with Crippen LogP contribution in [0.2, 0.25) is 0 Å². The van der Waals surface area contributed by atoms with Crippen LogP contribution in [0, 0.1) is 12.8 Å². The number of hydrogen-bond acceptors (Lipinski definition) is 5. The van der Waals surface area contributed by atoms with Crippen LogP contribution in [0.5, 0.6) is 11.5 Å². The predicted octanol–water partition coefficient (Wildman–Crippen LogP) is 3.97. The molecular weight excluding hydrogens is 406 g/mol. The van der Waals surface area contributed by atoms with Crippen molar-refractivity contribution in [3.05, 3.63) is 54.6 Å². The molecule has 1 aromatic carbocycles. The number of hydrogen-bond donors (Lipinski definition) is 1. The molecule has 0 saturated carbocycles. The fourth-order valence-corrected chi connectivity index (χ4v) is 4.40. The van der Waals surface area contributed by atoms with Gasteiger partial charge >= 0.3 is 6.03 Å². The Labute approximate surface area is 187 Å². The molecule has 2 aromatic heterocycles. The third kappa shape index (κ3) is 4.26. The number of nitrogens with one attached hydrogen (secondary N) is 1. The third-order valence-corrected chi connectivity index (χ3v) is 6.02. The summed E-state index contributed by atoms with van der Waals surface area (Å²) in [6, 6.07) is 9.38. The van der Waals surface area contributed by atoms with Crippen LogP contribution in [-0.2, 0) is 6.54 Å². The summed E-state index contributed by atoms with van der Waals surface area (Å²) >= 11 is 0. The Morgan fingerprint density at radius 2 is 2.06 bits per heavy atom. The third-order valence-electron chi connectivity index (χ3n) is 6.02. The molecule has 1 N–H and O–H groups in total. The molecule has 3 aromatic rings. The van der Waals surface area contributed by atoms with Crippen LogP contribution in [-0.4, -0.2) is 51.8 Å². The topological polar surface area (TPSA) is 81.5 Å². The van der Waals surface area contributed by atoms with E-state index in [2.05, 4.69) is 26.8 Å². The van der Waals surface area contributed by atoms with Gasteiger partial charge in [0.2, 0.25) is 0 Å². The van der Waals surface area contributed by atoms with Crippen molar-refractivity contribution < 1.29 is 14.3 Å². The first-order chi connectivity index (χ1) is 15.7. The van der Waals surface area contributed by atoms with Gasteiger partial charge in [-0.3, -0.25) is 4.98 Å². The SMILES string of the molecule is Cc1cnc(-c2cccnc2)n1CC1CCCN(C(=O)Nc2ccc3c(c2)OCCO3)C1. The zero-order valence-electron chi connectivity index (χ0n) is 18.2. The first kappa shape index (κ1) is 20.4. The van der Waals surface area contributed by atoms with Gasteiger partial charge in [-0.25, -0.2) is 9.78 Å². The lowest BCUT2D eigenvalue weighted by Gasteiger charge is -2.33. The number of carbonyl (C=O) groups excluding carboxylic acids is 1. The molecule has 8 heteroatoms. The number of aryl methyl sites for hydroxylation is 1. The van der Waals surface area contributed by atoms with Gasteiger partial charge < -0.3 is 24.3 Å². The Hall–Kier alpha value is -3.55. The molecule has 0 aliphatic carbocycles. The Kier molecular flexibility index (Phi) is 5.66. The van der Waals surface area contributed by atoms with Crippen molar-refractivity contribution in [1.29, 1.82) is 0 Å². The zero-order chi connectivity index (χ0) is 21.9. The molecule has 166 valence electrons. The second-order valence-electron chi connectivity index (χ2n) is 8.32. The average molecular weight is 434 g/mol. The molecular formula is C24H27N5O3. The van der Waals surface area contributed by atoms with Crippen LogP contribution in [0.1, 0.15) is 18.5 Å². The maximum absolute atomic E-state index is 13.0. The first-order valence-electron chi connectivity index (χ1n) is 11.1. The van der Waals surface area contributed by atoms with Crippen LogP contribution < -0.4 is 14.8 Å². The lowest BCUT2D eigenvalue weighted by molar-refractivity contribution is 0.169. The lowest BCUT2D eigenvalue weighted by Crippen LogP contribution is -2.43. The number of likely N-dealkylation sites (tertiary alicyclic amines) is 1. The van der Waals surface area contributed by atoms with E-state index < -0.39 is 0 Å². The fraction of sp³-hybridized carbons (Fsp3) is 0.375. The summed E-state index contributed by atoms with van der Waals surface area (Å²) in [5, 5.41) is 3.01. The van der Waals surface area contributed by atoms with E-state index in [0.29, 0.717) is 42.9 Å². The molecule has 5 rings (SSSR count). The van der Waals surface area contributed by atoms with E-state index in [-0.39, 0.29) is 6.03 Å². The maximum Gasteiger partial charge on any atom is 0.321 e. The molecule has 1 fully saturated rings. The molecule has 4 heterocycles. The van der Waals surface area contributed by atoms with E-state index in [9.17, 15) is 4.79 Å². The number of imidazole rings is 1. The number of ether oxygens (including phenoxy) is 2. The van der Waals surface area contributed by atoms with Gasteiger partial charge in [-0.2, -0.15) is 0 Å². The smallest absolute Gasteiger partial charge is 0.321 e.